The zero-order valence-corrected chi connectivity index (χ0v) is 25.6. The molecule has 2 aromatic heterocycles. The van der Waals surface area contributed by atoms with Crippen LogP contribution in [0.15, 0.2) is 83.9 Å². The third kappa shape index (κ3) is 6.38. The van der Waals surface area contributed by atoms with Gasteiger partial charge in [0.2, 0.25) is 0 Å². The van der Waals surface area contributed by atoms with Gasteiger partial charge in [-0.1, -0.05) is 0 Å². The molecule has 5 aromatic rings. The number of hydrogen-bond acceptors (Lipinski definition) is 8. The minimum Gasteiger partial charge on any atom is -0.496 e. The van der Waals surface area contributed by atoms with E-state index in [4.69, 9.17) is 24.7 Å². The lowest BCUT2D eigenvalue weighted by molar-refractivity contribution is 0.0591. The first-order valence-corrected chi connectivity index (χ1v) is 12.8. The molecule has 2 N–H and O–H groups in total. The zero-order valence-electron chi connectivity index (χ0n) is 24.0. The number of rotatable bonds is 8. The van der Waals surface area contributed by atoms with Crippen molar-refractivity contribution in [3.63, 3.8) is 0 Å². The van der Waals surface area contributed by atoms with Crippen molar-refractivity contribution in [2.24, 2.45) is 0 Å². The molecule has 9 nitrogen and oxygen atoms in total. The smallest absolute Gasteiger partial charge is 0.355 e. The van der Waals surface area contributed by atoms with E-state index in [1.54, 1.807) is 69.1 Å². The number of methoxy groups -OCH3 is 3. The van der Waals surface area contributed by atoms with Crippen molar-refractivity contribution in [3.05, 3.63) is 106 Å². The Morgan fingerprint density at radius 2 is 1.49 bits per heavy atom. The van der Waals surface area contributed by atoms with Gasteiger partial charge in [-0.3, -0.25) is 14.3 Å². The van der Waals surface area contributed by atoms with E-state index in [9.17, 15) is 9.59 Å². The number of ether oxygens (including phenoxy) is 4. The predicted octanol–water partition coefficient (Wildman–Crippen LogP) is 6.17. The number of anilines is 1. The molecule has 3 aromatic carbocycles. The SMILES string of the molecule is COC(=O)c1c(-c2cc(OC)c(C)c(OC)c2)c2ccc(OCc3ccncc3)cc2c(=O)n1-c1ccc(N)cc1.Cl.Cl. The molecule has 0 aliphatic rings. The molecule has 0 saturated heterocycles. The molecule has 2 heterocycles. The average Bonchev–Trinajstić information content (AvgIpc) is 3.01. The molecule has 11 heteroatoms. The number of carbonyl (C=O) groups excluding carboxylic acids is 1. The maximum Gasteiger partial charge on any atom is 0.355 e. The fraction of sp³-hybridized carbons (Fsp3) is 0.156. The summed E-state index contributed by atoms with van der Waals surface area (Å²) < 4.78 is 23.8. The molecule has 5 rings (SSSR count). The van der Waals surface area contributed by atoms with Gasteiger partial charge in [0.15, 0.2) is 0 Å². The summed E-state index contributed by atoms with van der Waals surface area (Å²) in [7, 11) is 4.40. The number of halogens is 2. The summed E-state index contributed by atoms with van der Waals surface area (Å²) in [5.74, 6) is 0.926. The number of fused-ring (bicyclic) bond motifs is 1. The van der Waals surface area contributed by atoms with Crippen LogP contribution in [0.5, 0.6) is 17.2 Å². The lowest BCUT2D eigenvalue weighted by Crippen LogP contribution is -2.27. The molecule has 0 unspecified atom stereocenters. The van der Waals surface area contributed by atoms with Gasteiger partial charge in [0, 0.05) is 34.9 Å². The summed E-state index contributed by atoms with van der Waals surface area (Å²) in [6.07, 6.45) is 3.38. The van der Waals surface area contributed by atoms with Gasteiger partial charge in [0.05, 0.1) is 26.7 Å². The summed E-state index contributed by atoms with van der Waals surface area (Å²) >= 11 is 0. The maximum atomic E-state index is 14.2. The summed E-state index contributed by atoms with van der Waals surface area (Å²) in [5, 5.41) is 0.876. The second-order valence-corrected chi connectivity index (χ2v) is 9.30. The van der Waals surface area contributed by atoms with Crippen molar-refractivity contribution in [1.29, 1.82) is 0 Å². The minimum atomic E-state index is -0.688. The minimum absolute atomic E-state index is 0. The lowest BCUT2D eigenvalue weighted by Gasteiger charge is -2.21. The van der Waals surface area contributed by atoms with Crippen molar-refractivity contribution in [2.75, 3.05) is 27.1 Å². The normalized spacial score (nSPS) is 10.3. The van der Waals surface area contributed by atoms with E-state index in [0.29, 0.717) is 57.1 Å². The molecule has 0 aliphatic heterocycles. The highest BCUT2D eigenvalue weighted by Gasteiger charge is 2.26. The Kier molecular flexibility index (Phi) is 10.6. The third-order valence-electron chi connectivity index (χ3n) is 6.88. The predicted molar refractivity (Wildman–Crippen MR) is 172 cm³/mol. The van der Waals surface area contributed by atoms with Gasteiger partial charge in [-0.2, -0.15) is 0 Å². The van der Waals surface area contributed by atoms with Crippen molar-refractivity contribution < 1.29 is 23.7 Å². The van der Waals surface area contributed by atoms with Crippen LogP contribution in [0.4, 0.5) is 5.69 Å². The summed E-state index contributed by atoms with van der Waals surface area (Å²) in [4.78, 5) is 31.7. The number of nitrogens with two attached hydrogens (primary N) is 1. The van der Waals surface area contributed by atoms with Crippen LogP contribution in [0.25, 0.3) is 27.6 Å². The average molecular weight is 625 g/mol. The number of benzene rings is 3. The number of aromatic nitrogens is 2. The summed E-state index contributed by atoms with van der Waals surface area (Å²) in [6.45, 7) is 2.17. The Hall–Kier alpha value is -4.73. The van der Waals surface area contributed by atoms with Gasteiger partial charge in [-0.15, -0.1) is 24.8 Å². The van der Waals surface area contributed by atoms with Gasteiger partial charge in [-0.05, 0) is 90.2 Å². The number of carbonyl (C=O) groups is 1. The number of esters is 1. The standard InChI is InChI=1S/C32H29N3O6.2ClH/c1-19-27(38-2)15-21(16-28(19)39-3)29-25-10-9-24(41-18-20-11-13-34-14-12-20)17-26(25)31(36)35(30(29)32(37)40-4)23-7-5-22(33)6-8-23;;/h5-17H,18,33H2,1-4H3;2*1H. The Balaban J connectivity index is 0.00000253. The first-order valence-electron chi connectivity index (χ1n) is 12.8. The first-order chi connectivity index (χ1) is 19.9. The van der Waals surface area contributed by atoms with Crippen LogP contribution in [-0.2, 0) is 11.3 Å². The van der Waals surface area contributed by atoms with E-state index in [2.05, 4.69) is 4.98 Å². The highest BCUT2D eigenvalue weighted by atomic mass is 35.5. The van der Waals surface area contributed by atoms with E-state index >= 15 is 0 Å². The molecule has 0 atom stereocenters. The fourth-order valence-electron chi connectivity index (χ4n) is 4.80. The number of pyridine rings is 2. The molecule has 0 radical (unpaired) electrons. The van der Waals surface area contributed by atoms with Crippen LogP contribution in [0.1, 0.15) is 21.6 Å². The van der Waals surface area contributed by atoms with E-state index in [1.807, 2.05) is 31.2 Å². The highest BCUT2D eigenvalue weighted by molar-refractivity contribution is 6.07. The maximum absolute atomic E-state index is 14.2. The van der Waals surface area contributed by atoms with E-state index in [0.717, 1.165) is 11.1 Å². The summed E-state index contributed by atoms with van der Waals surface area (Å²) in [6, 6.07) is 19.2. The molecular formula is C32H31Cl2N3O6. The third-order valence-corrected chi connectivity index (χ3v) is 6.88. The van der Waals surface area contributed by atoms with Gasteiger partial charge >= 0.3 is 5.97 Å². The van der Waals surface area contributed by atoms with Crippen LogP contribution in [0.3, 0.4) is 0 Å². The van der Waals surface area contributed by atoms with E-state index in [-0.39, 0.29) is 30.5 Å². The second kappa shape index (κ2) is 14.0. The quantitative estimate of drug-likeness (QED) is 0.161. The topological polar surface area (TPSA) is 115 Å². The van der Waals surface area contributed by atoms with Crippen molar-refractivity contribution in [3.8, 4) is 34.1 Å². The Morgan fingerprint density at radius 1 is 0.860 bits per heavy atom. The number of nitrogen functional groups attached to an aromatic ring is 1. The summed E-state index contributed by atoms with van der Waals surface area (Å²) in [5.41, 5.74) is 9.32. The molecule has 0 saturated carbocycles. The largest absolute Gasteiger partial charge is 0.496 e. The number of hydrogen-bond donors (Lipinski definition) is 1. The Morgan fingerprint density at radius 3 is 2.07 bits per heavy atom. The molecular weight excluding hydrogens is 593 g/mol. The highest BCUT2D eigenvalue weighted by Crippen LogP contribution is 2.40. The lowest BCUT2D eigenvalue weighted by atomic mass is 9.94. The van der Waals surface area contributed by atoms with Crippen molar-refractivity contribution in [2.45, 2.75) is 13.5 Å². The van der Waals surface area contributed by atoms with E-state index < -0.39 is 11.5 Å². The first kappa shape index (κ1) is 32.8. The number of nitrogens with zero attached hydrogens (tertiary/aromatic N) is 2. The van der Waals surface area contributed by atoms with Crippen LogP contribution in [-0.4, -0.2) is 36.8 Å². The molecule has 0 bridgehead atoms. The monoisotopic (exact) mass is 623 g/mol. The molecule has 224 valence electrons. The zero-order chi connectivity index (χ0) is 29.1. The molecule has 43 heavy (non-hydrogen) atoms. The van der Waals surface area contributed by atoms with Gasteiger partial charge in [0.1, 0.15) is 29.5 Å². The van der Waals surface area contributed by atoms with Crippen LogP contribution < -0.4 is 25.5 Å². The fourth-order valence-corrected chi connectivity index (χ4v) is 4.80. The van der Waals surface area contributed by atoms with E-state index in [1.165, 1.54) is 11.7 Å². The van der Waals surface area contributed by atoms with Gasteiger partial charge < -0.3 is 24.7 Å². The molecule has 0 amide bonds. The van der Waals surface area contributed by atoms with Crippen molar-refractivity contribution >= 4 is 47.2 Å². The van der Waals surface area contributed by atoms with Crippen LogP contribution in [0.2, 0.25) is 0 Å². The second-order valence-electron chi connectivity index (χ2n) is 9.30. The van der Waals surface area contributed by atoms with Crippen molar-refractivity contribution in [1.82, 2.24) is 9.55 Å². The van der Waals surface area contributed by atoms with Crippen LogP contribution >= 0.6 is 24.8 Å². The molecule has 0 spiro atoms. The molecule has 0 fully saturated rings. The van der Waals surface area contributed by atoms with Gasteiger partial charge in [-0.25, -0.2) is 4.79 Å². The Labute approximate surface area is 261 Å². The Bertz CT molecular complexity index is 1780. The van der Waals surface area contributed by atoms with Crippen LogP contribution in [0, 0.1) is 6.92 Å². The molecule has 0 aliphatic carbocycles. The van der Waals surface area contributed by atoms with Gasteiger partial charge in [0.25, 0.3) is 5.56 Å².